The first kappa shape index (κ1) is 18.6. The van der Waals surface area contributed by atoms with E-state index in [0.717, 1.165) is 49.6 Å². The lowest BCUT2D eigenvalue weighted by Gasteiger charge is -2.26. The van der Waals surface area contributed by atoms with E-state index in [1.807, 2.05) is 18.5 Å². The maximum absolute atomic E-state index is 13.1. The largest absolute Gasteiger partial charge is 0.378 e. The molecule has 29 heavy (non-hydrogen) atoms. The maximum Gasteiger partial charge on any atom is 0.294 e. The fraction of sp³-hybridized carbons (Fsp3) is 0.571. The highest BCUT2D eigenvalue weighted by Crippen LogP contribution is 2.33. The van der Waals surface area contributed by atoms with Gasteiger partial charge in [0.15, 0.2) is 0 Å². The molecule has 0 atom stereocenters. The number of anilines is 1. The zero-order valence-corrected chi connectivity index (χ0v) is 16.6. The second-order valence-corrected chi connectivity index (χ2v) is 8.03. The zero-order valence-electron chi connectivity index (χ0n) is 16.6. The molecule has 2 aromatic heterocycles. The Kier molecular flexibility index (Phi) is 5.20. The average molecular weight is 397 g/mol. The van der Waals surface area contributed by atoms with Gasteiger partial charge in [-0.15, -0.1) is 0 Å². The lowest BCUT2D eigenvalue weighted by Crippen LogP contribution is -2.37. The van der Waals surface area contributed by atoms with Crippen molar-refractivity contribution >= 4 is 11.9 Å². The minimum atomic E-state index is -0.0533. The van der Waals surface area contributed by atoms with Crippen LogP contribution in [0.1, 0.15) is 36.2 Å². The van der Waals surface area contributed by atoms with Gasteiger partial charge >= 0.3 is 0 Å². The van der Waals surface area contributed by atoms with Gasteiger partial charge in [0.2, 0.25) is 5.95 Å². The SMILES string of the molecule is O=C(c1cc(-c2cnc(N3CCOCC3)nc2)cn1CC1CC1)N1CCCCO1. The fourth-order valence-electron chi connectivity index (χ4n) is 3.86. The molecule has 8 heteroatoms. The van der Waals surface area contributed by atoms with Crippen LogP contribution in [-0.4, -0.2) is 65.0 Å². The third kappa shape index (κ3) is 4.13. The van der Waals surface area contributed by atoms with Gasteiger partial charge in [-0.1, -0.05) is 0 Å². The molecule has 8 nitrogen and oxygen atoms in total. The van der Waals surface area contributed by atoms with Gasteiger partial charge in [-0.2, -0.15) is 0 Å². The van der Waals surface area contributed by atoms with Crippen molar-refractivity contribution in [2.45, 2.75) is 32.2 Å². The smallest absolute Gasteiger partial charge is 0.294 e. The van der Waals surface area contributed by atoms with Gasteiger partial charge in [-0.05, 0) is 37.7 Å². The molecule has 2 aliphatic heterocycles. The topological polar surface area (TPSA) is 72.7 Å². The van der Waals surface area contributed by atoms with E-state index in [9.17, 15) is 4.79 Å². The number of hydroxylamine groups is 2. The number of hydrogen-bond acceptors (Lipinski definition) is 6. The molecule has 4 heterocycles. The molecule has 0 radical (unpaired) electrons. The maximum atomic E-state index is 13.1. The summed E-state index contributed by atoms with van der Waals surface area (Å²) >= 11 is 0. The van der Waals surface area contributed by atoms with Crippen molar-refractivity contribution < 1.29 is 14.4 Å². The Balaban J connectivity index is 1.39. The molecule has 0 unspecified atom stereocenters. The number of carbonyl (C=O) groups excluding carboxylic acids is 1. The van der Waals surface area contributed by atoms with Crippen LogP contribution in [0.3, 0.4) is 0 Å². The Morgan fingerprint density at radius 1 is 1.03 bits per heavy atom. The van der Waals surface area contributed by atoms with Gasteiger partial charge in [0, 0.05) is 55.9 Å². The Bertz CT molecular complexity index is 850. The molecule has 3 fully saturated rings. The van der Waals surface area contributed by atoms with Crippen LogP contribution in [-0.2, 0) is 16.1 Å². The number of hydrogen-bond donors (Lipinski definition) is 0. The Morgan fingerprint density at radius 3 is 2.52 bits per heavy atom. The highest BCUT2D eigenvalue weighted by atomic mass is 16.7. The number of ether oxygens (including phenoxy) is 1. The van der Waals surface area contributed by atoms with Crippen LogP contribution in [0.2, 0.25) is 0 Å². The molecule has 1 saturated carbocycles. The third-order valence-corrected chi connectivity index (χ3v) is 5.76. The molecule has 3 aliphatic rings. The molecule has 2 saturated heterocycles. The summed E-state index contributed by atoms with van der Waals surface area (Å²) in [6.07, 6.45) is 10.2. The monoisotopic (exact) mass is 397 g/mol. The first-order chi connectivity index (χ1) is 14.3. The van der Waals surface area contributed by atoms with Crippen molar-refractivity contribution in [1.29, 1.82) is 0 Å². The van der Waals surface area contributed by atoms with Crippen LogP contribution in [0.4, 0.5) is 5.95 Å². The molecular weight excluding hydrogens is 370 g/mol. The van der Waals surface area contributed by atoms with E-state index >= 15 is 0 Å². The van der Waals surface area contributed by atoms with E-state index in [2.05, 4.69) is 25.6 Å². The van der Waals surface area contributed by atoms with Gasteiger partial charge in [-0.25, -0.2) is 15.0 Å². The second-order valence-electron chi connectivity index (χ2n) is 8.03. The Hall–Kier alpha value is -2.45. The van der Waals surface area contributed by atoms with E-state index in [0.29, 0.717) is 38.0 Å². The summed E-state index contributed by atoms with van der Waals surface area (Å²) in [4.78, 5) is 29.9. The first-order valence-corrected chi connectivity index (χ1v) is 10.6. The number of aromatic nitrogens is 3. The van der Waals surface area contributed by atoms with Crippen molar-refractivity contribution in [3.05, 3.63) is 30.4 Å². The number of rotatable bonds is 5. The van der Waals surface area contributed by atoms with E-state index in [1.54, 1.807) is 0 Å². The lowest BCUT2D eigenvalue weighted by atomic mass is 10.2. The highest BCUT2D eigenvalue weighted by Gasteiger charge is 2.27. The molecule has 0 spiro atoms. The second kappa shape index (κ2) is 8.12. The van der Waals surface area contributed by atoms with Crippen molar-refractivity contribution in [3.63, 3.8) is 0 Å². The summed E-state index contributed by atoms with van der Waals surface area (Å²) in [6.45, 7) is 5.18. The molecule has 1 aliphatic carbocycles. The van der Waals surface area contributed by atoms with Gasteiger partial charge in [0.1, 0.15) is 5.69 Å². The standard InChI is InChI=1S/C21H27N5O3/c27-20(26-5-1-2-8-29-26)19-11-17(15-25(19)14-16-3-4-16)18-12-22-21(23-13-18)24-6-9-28-10-7-24/h11-13,15-16H,1-10,14H2. The number of morpholine rings is 1. The quantitative estimate of drug-likeness (QED) is 0.771. The van der Waals surface area contributed by atoms with Gasteiger partial charge in [-0.3, -0.25) is 9.63 Å². The molecule has 5 rings (SSSR count). The molecule has 1 amide bonds. The molecule has 0 N–H and O–H groups in total. The van der Waals surface area contributed by atoms with Crippen molar-refractivity contribution in [1.82, 2.24) is 19.6 Å². The van der Waals surface area contributed by atoms with Crippen molar-refractivity contribution in [3.8, 4) is 11.1 Å². The van der Waals surface area contributed by atoms with E-state index in [4.69, 9.17) is 9.57 Å². The molecule has 0 aromatic carbocycles. The first-order valence-electron chi connectivity index (χ1n) is 10.6. The van der Waals surface area contributed by atoms with Gasteiger partial charge in [0.25, 0.3) is 5.91 Å². The van der Waals surface area contributed by atoms with Gasteiger partial charge in [0.05, 0.1) is 19.8 Å². The van der Waals surface area contributed by atoms with E-state index in [1.165, 1.54) is 17.9 Å². The zero-order chi connectivity index (χ0) is 19.6. The summed E-state index contributed by atoms with van der Waals surface area (Å²) in [5.41, 5.74) is 2.58. The molecular formula is C21H27N5O3. The van der Waals surface area contributed by atoms with Crippen LogP contribution in [0.25, 0.3) is 11.1 Å². The van der Waals surface area contributed by atoms with Gasteiger partial charge < -0.3 is 14.2 Å². The molecule has 154 valence electrons. The Labute approximate surface area is 170 Å². The summed E-state index contributed by atoms with van der Waals surface area (Å²) in [5.74, 6) is 1.35. The lowest BCUT2D eigenvalue weighted by molar-refractivity contribution is -0.144. The summed E-state index contributed by atoms with van der Waals surface area (Å²) in [6, 6.07) is 1.95. The van der Waals surface area contributed by atoms with E-state index < -0.39 is 0 Å². The minimum Gasteiger partial charge on any atom is -0.378 e. The Morgan fingerprint density at radius 2 is 1.83 bits per heavy atom. The van der Waals surface area contributed by atoms with Crippen LogP contribution >= 0.6 is 0 Å². The highest BCUT2D eigenvalue weighted by molar-refractivity contribution is 5.93. The predicted octanol–water partition coefficient (Wildman–Crippen LogP) is 2.36. The molecule has 2 aromatic rings. The van der Waals surface area contributed by atoms with Crippen LogP contribution in [0.15, 0.2) is 24.7 Å². The normalized spacial score (nSPS) is 20.1. The summed E-state index contributed by atoms with van der Waals surface area (Å²) < 4.78 is 7.48. The summed E-state index contributed by atoms with van der Waals surface area (Å²) in [5, 5.41) is 1.52. The average Bonchev–Trinajstić information content (AvgIpc) is 3.51. The van der Waals surface area contributed by atoms with Crippen LogP contribution in [0, 0.1) is 5.92 Å². The summed E-state index contributed by atoms with van der Waals surface area (Å²) in [7, 11) is 0. The number of carbonyl (C=O) groups is 1. The number of nitrogens with zero attached hydrogens (tertiary/aromatic N) is 5. The third-order valence-electron chi connectivity index (χ3n) is 5.76. The predicted molar refractivity (Wildman–Crippen MR) is 107 cm³/mol. The van der Waals surface area contributed by atoms with E-state index in [-0.39, 0.29) is 5.91 Å². The van der Waals surface area contributed by atoms with Crippen molar-refractivity contribution in [2.24, 2.45) is 5.92 Å². The molecule has 0 bridgehead atoms. The van der Waals surface area contributed by atoms with Crippen molar-refractivity contribution in [2.75, 3.05) is 44.4 Å². The van der Waals surface area contributed by atoms with Crippen LogP contribution in [0.5, 0.6) is 0 Å². The van der Waals surface area contributed by atoms with Crippen LogP contribution < -0.4 is 4.90 Å². The number of amides is 1. The fourth-order valence-corrected chi connectivity index (χ4v) is 3.86. The minimum absolute atomic E-state index is 0.0533.